The quantitative estimate of drug-likeness (QED) is 0.630. The van der Waals surface area contributed by atoms with Crippen LogP contribution in [-0.2, 0) is 25.3 Å². The first-order chi connectivity index (χ1) is 11.2. The van der Waals surface area contributed by atoms with Gasteiger partial charge in [-0.25, -0.2) is 4.39 Å². The fraction of sp³-hybridized carbons (Fsp3) is 0.588. The number of nitrogens with one attached hydrogen (secondary N) is 1. The zero-order valence-electron chi connectivity index (χ0n) is 14.9. The van der Waals surface area contributed by atoms with Gasteiger partial charge in [0.2, 0.25) is 5.91 Å². The number of hydrogen-bond acceptors (Lipinski definition) is 4. The van der Waals surface area contributed by atoms with Gasteiger partial charge in [-0.3, -0.25) is 4.79 Å². The molecule has 0 saturated carbocycles. The van der Waals surface area contributed by atoms with Crippen LogP contribution in [0.15, 0.2) is 18.2 Å². The molecule has 1 saturated heterocycles. The molecule has 24 heavy (non-hydrogen) atoms. The second-order valence-electron chi connectivity index (χ2n) is 6.95. The lowest BCUT2D eigenvalue weighted by Crippen LogP contribution is -2.41. The predicted octanol–water partition coefficient (Wildman–Crippen LogP) is 1.43. The Labute approximate surface area is 143 Å². The summed E-state index contributed by atoms with van der Waals surface area (Å²) in [6, 6.07) is 4.33. The average Bonchev–Trinajstić information content (AvgIpc) is 2.67. The van der Waals surface area contributed by atoms with Gasteiger partial charge in [0.15, 0.2) is 0 Å². The fourth-order valence-corrected chi connectivity index (χ4v) is 2.46. The molecular formula is C17H25BFNO4. The highest BCUT2D eigenvalue weighted by molar-refractivity contribution is 6.62. The summed E-state index contributed by atoms with van der Waals surface area (Å²) < 4.78 is 30.6. The van der Waals surface area contributed by atoms with Gasteiger partial charge in [0.1, 0.15) is 5.82 Å². The monoisotopic (exact) mass is 337 g/mol. The van der Waals surface area contributed by atoms with Gasteiger partial charge >= 0.3 is 7.12 Å². The first-order valence-corrected chi connectivity index (χ1v) is 8.06. The van der Waals surface area contributed by atoms with Crippen molar-refractivity contribution in [1.82, 2.24) is 5.32 Å². The maximum atomic E-state index is 13.7. The molecule has 1 N–H and O–H groups in total. The second-order valence-corrected chi connectivity index (χ2v) is 6.95. The molecule has 0 unspecified atom stereocenters. The van der Waals surface area contributed by atoms with Crippen LogP contribution in [0.3, 0.4) is 0 Å². The Morgan fingerprint density at radius 2 is 1.88 bits per heavy atom. The summed E-state index contributed by atoms with van der Waals surface area (Å²) in [4.78, 5) is 12.0. The lowest BCUT2D eigenvalue weighted by molar-refractivity contribution is -0.120. The van der Waals surface area contributed by atoms with Gasteiger partial charge in [-0.05, 0) is 50.9 Å². The van der Waals surface area contributed by atoms with E-state index in [1.807, 2.05) is 27.7 Å². The van der Waals surface area contributed by atoms with E-state index in [4.69, 9.17) is 14.0 Å². The summed E-state index contributed by atoms with van der Waals surface area (Å²) in [5.41, 5.74) is 0.244. The van der Waals surface area contributed by atoms with Crippen LogP contribution in [0.25, 0.3) is 0 Å². The molecule has 0 aliphatic carbocycles. The van der Waals surface area contributed by atoms with E-state index in [1.165, 1.54) is 12.1 Å². The molecule has 1 aromatic carbocycles. The first-order valence-electron chi connectivity index (χ1n) is 8.06. The maximum Gasteiger partial charge on any atom is 0.495 e. The van der Waals surface area contributed by atoms with Crippen molar-refractivity contribution >= 4 is 18.5 Å². The second kappa shape index (κ2) is 7.21. The van der Waals surface area contributed by atoms with Crippen LogP contribution in [0.2, 0.25) is 0 Å². The minimum absolute atomic E-state index is 0.0564. The fourth-order valence-electron chi connectivity index (χ4n) is 2.46. The predicted molar refractivity (Wildman–Crippen MR) is 90.7 cm³/mol. The largest absolute Gasteiger partial charge is 0.495 e. The van der Waals surface area contributed by atoms with E-state index in [0.29, 0.717) is 24.2 Å². The molecule has 0 atom stereocenters. The first kappa shape index (κ1) is 18.9. The number of methoxy groups -OCH3 is 1. The summed E-state index contributed by atoms with van der Waals surface area (Å²) in [5.74, 6) is -0.592. The van der Waals surface area contributed by atoms with Crippen molar-refractivity contribution in [3.05, 3.63) is 29.6 Å². The zero-order chi connectivity index (χ0) is 18.0. The van der Waals surface area contributed by atoms with Crippen molar-refractivity contribution in [2.75, 3.05) is 20.3 Å². The molecule has 0 radical (unpaired) electrons. The van der Waals surface area contributed by atoms with E-state index in [-0.39, 0.29) is 12.3 Å². The third-order valence-electron chi connectivity index (χ3n) is 4.59. The SMILES string of the molecule is COCCNC(=O)Cc1cc(F)ccc1B1OC(C)(C)C(C)(C)O1. The van der Waals surface area contributed by atoms with Gasteiger partial charge in [-0.15, -0.1) is 0 Å². The Kier molecular flexibility index (Phi) is 5.68. The molecule has 2 rings (SSSR count). The van der Waals surface area contributed by atoms with Gasteiger partial charge in [-0.2, -0.15) is 0 Å². The molecule has 7 heteroatoms. The minimum atomic E-state index is -0.627. The summed E-state index contributed by atoms with van der Waals surface area (Å²) in [5, 5.41) is 2.73. The van der Waals surface area contributed by atoms with Crippen molar-refractivity contribution in [3.8, 4) is 0 Å². The lowest BCUT2D eigenvalue weighted by Gasteiger charge is -2.32. The van der Waals surface area contributed by atoms with E-state index in [0.717, 1.165) is 0 Å². The van der Waals surface area contributed by atoms with Gasteiger partial charge < -0.3 is 19.4 Å². The summed E-state index contributed by atoms with van der Waals surface area (Å²) >= 11 is 0. The number of carbonyl (C=O) groups is 1. The van der Waals surface area contributed by atoms with Crippen LogP contribution in [0.1, 0.15) is 33.3 Å². The van der Waals surface area contributed by atoms with E-state index in [1.54, 1.807) is 13.2 Å². The Hall–Kier alpha value is -1.44. The number of benzene rings is 1. The molecule has 1 aliphatic rings. The molecule has 5 nitrogen and oxygen atoms in total. The summed E-state index contributed by atoms with van der Waals surface area (Å²) in [6.07, 6.45) is 0.0564. The molecule has 0 aromatic heterocycles. The Morgan fingerprint density at radius 3 is 2.46 bits per heavy atom. The van der Waals surface area contributed by atoms with E-state index < -0.39 is 24.1 Å². The molecule has 1 aliphatic heterocycles. The van der Waals surface area contributed by atoms with Crippen molar-refractivity contribution in [2.24, 2.45) is 0 Å². The summed E-state index contributed by atoms with van der Waals surface area (Å²) in [7, 11) is 0.937. The maximum absolute atomic E-state index is 13.7. The molecular weight excluding hydrogens is 312 g/mol. The number of rotatable bonds is 6. The smallest absolute Gasteiger partial charge is 0.399 e. The van der Waals surface area contributed by atoms with Crippen LogP contribution >= 0.6 is 0 Å². The van der Waals surface area contributed by atoms with Gasteiger partial charge in [0, 0.05) is 13.7 Å². The van der Waals surface area contributed by atoms with Crippen LogP contribution in [-0.4, -0.2) is 44.5 Å². The summed E-state index contributed by atoms with van der Waals surface area (Å²) in [6.45, 7) is 8.65. The molecule has 1 aromatic rings. The highest BCUT2D eigenvalue weighted by Gasteiger charge is 2.52. The van der Waals surface area contributed by atoms with Crippen molar-refractivity contribution in [3.63, 3.8) is 0 Å². The average molecular weight is 337 g/mol. The Morgan fingerprint density at radius 1 is 1.25 bits per heavy atom. The van der Waals surface area contributed by atoms with Gasteiger partial charge in [-0.1, -0.05) is 6.07 Å². The van der Waals surface area contributed by atoms with Crippen LogP contribution in [0, 0.1) is 5.82 Å². The highest BCUT2D eigenvalue weighted by atomic mass is 19.1. The molecule has 132 valence electrons. The van der Waals surface area contributed by atoms with E-state index in [2.05, 4.69) is 5.32 Å². The number of ether oxygens (including phenoxy) is 1. The topological polar surface area (TPSA) is 56.8 Å². The normalized spacial score (nSPS) is 18.7. The lowest BCUT2D eigenvalue weighted by atomic mass is 9.75. The standard InChI is InChI=1S/C17H25BFNO4/c1-16(2)17(3,4)24-18(23-16)14-7-6-13(19)10-12(14)11-15(21)20-8-9-22-5/h6-7,10H,8-9,11H2,1-5H3,(H,20,21). The molecule has 1 fully saturated rings. The van der Waals surface area contributed by atoms with Gasteiger partial charge in [0.25, 0.3) is 0 Å². The third-order valence-corrected chi connectivity index (χ3v) is 4.59. The van der Waals surface area contributed by atoms with Crippen molar-refractivity contribution in [1.29, 1.82) is 0 Å². The van der Waals surface area contributed by atoms with Crippen molar-refractivity contribution < 1.29 is 23.2 Å². The van der Waals surface area contributed by atoms with E-state index in [9.17, 15) is 9.18 Å². The number of amides is 1. The Balaban J connectivity index is 2.18. The minimum Gasteiger partial charge on any atom is -0.399 e. The molecule has 0 spiro atoms. The number of halogens is 1. The van der Waals surface area contributed by atoms with Crippen LogP contribution in [0.4, 0.5) is 4.39 Å². The van der Waals surface area contributed by atoms with Gasteiger partial charge in [0.05, 0.1) is 24.2 Å². The number of carbonyl (C=O) groups excluding carboxylic acids is 1. The molecule has 1 amide bonds. The van der Waals surface area contributed by atoms with Crippen molar-refractivity contribution in [2.45, 2.75) is 45.3 Å². The molecule has 1 heterocycles. The Bertz CT molecular complexity index is 590. The number of hydrogen-bond donors (Lipinski definition) is 1. The third kappa shape index (κ3) is 4.15. The van der Waals surface area contributed by atoms with Crippen LogP contribution in [0.5, 0.6) is 0 Å². The highest BCUT2D eigenvalue weighted by Crippen LogP contribution is 2.36. The van der Waals surface area contributed by atoms with Crippen LogP contribution < -0.4 is 10.8 Å². The zero-order valence-corrected chi connectivity index (χ0v) is 14.9. The van der Waals surface area contributed by atoms with E-state index >= 15 is 0 Å². The molecule has 0 bridgehead atoms.